The summed E-state index contributed by atoms with van der Waals surface area (Å²) in [4.78, 5) is 1.93. The maximum atomic E-state index is 9.44. The molecule has 0 aromatic heterocycles. The van der Waals surface area contributed by atoms with Gasteiger partial charge in [0.05, 0.1) is 18.2 Å². The maximum Gasteiger partial charge on any atom is 0.0863 e. The number of hydrogen-bond acceptors (Lipinski definition) is 3. The summed E-state index contributed by atoms with van der Waals surface area (Å²) < 4.78 is 0. The summed E-state index contributed by atoms with van der Waals surface area (Å²) in [6.45, 7) is 1.28. The molecule has 3 nitrogen and oxygen atoms in total. The van der Waals surface area contributed by atoms with Crippen molar-refractivity contribution in [3.63, 3.8) is 0 Å². The van der Waals surface area contributed by atoms with E-state index in [2.05, 4.69) is 6.07 Å². The number of aliphatic hydroxyl groups is 1. The molecule has 0 spiro atoms. The summed E-state index contributed by atoms with van der Waals surface area (Å²) in [5.74, 6) is 0. The zero-order chi connectivity index (χ0) is 8.32. The van der Waals surface area contributed by atoms with Crippen molar-refractivity contribution in [1.82, 2.24) is 4.90 Å². The van der Waals surface area contributed by atoms with Gasteiger partial charge in [0, 0.05) is 6.54 Å². The SMILES string of the molecule is CN(CC#N)CCC1(O)CC1. The van der Waals surface area contributed by atoms with E-state index in [1.807, 2.05) is 11.9 Å². The lowest BCUT2D eigenvalue weighted by atomic mass is 10.2. The lowest BCUT2D eigenvalue weighted by Crippen LogP contribution is -2.24. The molecule has 62 valence electrons. The summed E-state index contributed by atoms with van der Waals surface area (Å²) in [6, 6.07) is 2.07. The van der Waals surface area contributed by atoms with E-state index in [9.17, 15) is 5.11 Å². The van der Waals surface area contributed by atoms with Crippen LogP contribution in [0.4, 0.5) is 0 Å². The minimum atomic E-state index is -0.371. The summed E-state index contributed by atoms with van der Waals surface area (Å²) in [5, 5.41) is 17.8. The predicted molar refractivity (Wildman–Crippen MR) is 41.9 cm³/mol. The molecule has 1 saturated carbocycles. The van der Waals surface area contributed by atoms with Crippen molar-refractivity contribution in [2.45, 2.75) is 24.9 Å². The van der Waals surface area contributed by atoms with Crippen molar-refractivity contribution < 1.29 is 5.11 Å². The van der Waals surface area contributed by atoms with Crippen LogP contribution in [-0.4, -0.2) is 35.7 Å². The Kier molecular flexibility index (Phi) is 2.48. The Morgan fingerprint density at radius 1 is 1.64 bits per heavy atom. The van der Waals surface area contributed by atoms with E-state index in [-0.39, 0.29) is 5.60 Å². The maximum absolute atomic E-state index is 9.44. The molecule has 11 heavy (non-hydrogen) atoms. The van der Waals surface area contributed by atoms with Crippen molar-refractivity contribution in [1.29, 1.82) is 5.26 Å². The lowest BCUT2D eigenvalue weighted by Gasteiger charge is -2.14. The third-order valence-corrected chi connectivity index (χ3v) is 2.13. The van der Waals surface area contributed by atoms with Crippen LogP contribution in [0.3, 0.4) is 0 Å². The molecule has 1 rings (SSSR count). The second-order valence-corrected chi connectivity index (χ2v) is 3.37. The fourth-order valence-corrected chi connectivity index (χ4v) is 0.993. The van der Waals surface area contributed by atoms with Gasteiger partial charge in [0.2, 0.25) is 0 Å². The van der Waals surface area contributed by atoms with E-state index in [0.717, 1.165) is 25.8 Å². The quantitative estimate of drug-likeness (QED) is 0.595. The Hall–Kier alpha value is -0.590. The summed E-state index contributed by atoms with van der Waals surface area (Å²) >= 11 is 0. The van der Waals surface area contributed by atoms with Gasteiger partial charge in [-0.05, 0) is 26.3 Å². The summed E-state index contributed by atoms with van der Waals surface area (Å²) in [7, 11) is 1.90. The van der Waals surface area contributed by atoms with E-state index < -0.39 is 0 Å². The normalized spacial score (nSPS) is 19.8. The van der Waals surface area contributed by atoms with Gasteiger partial charge in [-0.15, -0.1) is 0 Å². The molecule has 1 aliphatic carbocycles. The second kappa shape index (κ2) is 3.21. The number of nitriles is 1. The topological polar surface area (TPSA) is 47.3 Å². The van der Waals surface area contributed by atoms with Crippen LogP contribution in [0, 0.1) is 11.3 Å². The highest BCUT2D eigenvalue weighted by Gasteiger charge is 2.39. The fourth-order valence-electron chi connectivity index (χ4n) is 0.993. The highest BCUT2D eigenvalue weighted by atomic mass is 16.3. The number of hydrogen-bond donors (Lipinski definition) is 1. The molecule has 0 aromatic rings. The lowest BCUT2D eigenvalue weighted by molar-refractivity contribution is 0.127. The monoisotopic (exact) mass is 154 g/mol. The van der Waals surface area contributed by atoms with Gasteiger partial charge in [-0.3, -0.25) is 4.90 Å². The van der Waals surface area contributed by atoms with Crippen LogP contribution >= 0.6 is 0 Å². The third kappa shape index (κ3) is 2.87. The first kappa shape index (κ1) is 8.51. The van der Waals surface area contributed by atoms with Gasteiger partial charge < -0.3 is 5.11 Å². The molecular weight excluding hydrogens is 140 g/mol. The molecule has 0 heterocycles. The van der Waals surface area contributed by atoms with Crippen LogP contribution in [0.25, 0.3) is 0 Å². The number of nitrogens with zero attached hydrogens (tertiary/aromatic N) is 2. The standard InChI is InChI=1S/C8H14N2O/c1-10(7-5-9)6-4-8(11)2-3-8/h11H,2-4,6-7H2,1H3. The van der Waals surface area contributed by atoms with E-state index in [1.165, 1.54) is 0 Å². The predicted octanol–water partition coefficient (Wildman–Crippen LogP) is 0.357. The number of rotatable bonds is 4. The minimum Gasteiger partial charge on any atom is -0.390 e. The highest BCUT2D eigenvalue weighted by molar-refractivity contribution is 4.93. The van der Waals surface area contributed by atoms with Crippen LogP contribution in [-0.2, 0) is 0 Å². The van der Waals surface area contributed by atoms with Gasteiger partial charge in [0.25, 0.3) is 0 Å². The molecule has 0 bridgehead atoms. The first-order chi connectivity index (χ1) is 5.16. The molecule has 0 aliphatic heterocycles. The minimum absolute atomic E-state index is 0.371. The van der Waals surface area contributed by atoms with Gasteiger partial charge >= 0.3 is 0 Å². The van der Waals surface area contributed by atoms with Crippen LogP contribution < -0.4 is 0 Å². The average Bonchev–Trinajstić information content (AvgIpc) is 2.66. The van der Waals surface area contributed by atoms with E-state index >= 15 is 0 Å². The third-order valence-electron chi connectivity index (χ3n) is 2.13. The molecule has 1 fully saturated rings. The van der Waals surface area contributed by atoms with Gasteiger partial charge in [-0.25, -0.2) is 0 Å². The van der Waals surface area contributed by atoms with Crippen LogP contribution in [0.5, 0.6) is 0 Å². The fraction of sp³-hybridized carbons (Fsp3) is 0.875. The van der Waals surface area contributed by atoms with Crippen molar-refractivity contribution in [2.75, 3.05) is 20.1 Å². The van der Waals surface area contributed by atoms with Crippen molar-refractivity contribution in [3.8, 4) is 6.07 Å². The van der Waals surface area contributed by atoms with Gasteiger partial charge in [0.15, 0.2) is 0 Å². The molecule has 0 aromatic carbocycles. The Morgan fingerprint density at radius 2 is 2.27 bits per heavy atom. The molecular formula is C8H14N2O. The molecule has 0 amide bonds. The summed E-state index contributed by atoms with van der Waals surface area (Å²) in [6.07, 6.45) is 2.69. The van der Waals surface area contributed by atoms with E-state index in [0.29, 0.717) is 6.54 Å². The molecule has 0 saturated heterocycles. The van der Waals surface area contributed by atoms with Crippen molar-refractivity contribution in [3.05, 3.63) is 0 Å². The molecule has 0 radical (unpaired) electrons. The van der Waals surface area contributed by atoms with E-state index in [4.69, 9.17) is 5.26 Å². The highest BCUT2D eigenvalue weighted by Crippen LogP contribution is 2.38. The van der Waals surface area contributed by atoms with Crippen LogP contribution in [0.15, 0.2) is 0 Å². The molecule has 1 N–H and O–H groups in total. The van der Waals surface area contributed by atoms with Crippen molar-refractivity contribution in [2.24, 2.45) is 0 Å². The van der Waals surface area contributed by atoms with Crippen LogP contribution in [0.2, 0.25) is 0 Å². The molecule has 0 atom stereocenters. The van der Waals surface area contributed by atoms with Gasteiger partial charge in [0.1, 0.15) is 0 Å². The zero-order valence-corrected chi connectivity index (χ0v) is 6.88. The first-order valence-electron chi connectivity index (χ1n) is 3.94. The summed E-state index contributed by atoms with van der Waals surface area (Å²) in [5.41, 5.74) is -0.371. The Morgan fingerprint density at radius 3 is 2.73 bits per heavy atom. The largest absolute Gasteiger partial charge is 0.390 e. The Bertz CT molecular complexity index is 169. The Balaban J connectivity index is 2.07. The smallest absolute Gasteiger partial charge is 0.0863 e. The molecule has 3 heteroatoms. The van der Waals surface area contributed by atoms with E-state index in [1.54, 1.807) is 0 Å². The second-order valence-electron chi connectivity index (χ2n) is 3.37. The molecule has 1 aliphatic rings. The molecule has 0 unspecified atom stereocenters. The first-order valence-corrected chi connectivity index (χ1v) is 3.94. The average molecular weight is 154 g/mol. The van der Waals surface area contributed by atoms with Crippen LogP contribution in [0.1, 0.15) is 19.3 Å². The Labute approximate surface area is 67.2 Å². The zero-order valence-electron chi connectivity index (χ0n) is 6.88. The van der Waals surface area contributed by atoms with Gasteiger partial charge in [-0.1, -0.05) is 0 Å². The van der Waals surface area contributed by atoms with Gasteiger partial charge in [-0.2, -0.15) is 5.26 Å². The van der Waals surface area contributed by atoms with Crippen molar-refractivity contribution >= 4 is 0 Å².